The molecule has 3 nitrogen and oxygen atoms in total. The number of aromatic nitrogens is 2. The Hall–Kier alpha value is -1.13. The van der Waals surface area contributed by atoms with Crippen molar-refractivity contribution in [2.45, 2.75) is 20.4 Å². The van der Waals surface area contributed by atoms with Crippen LogP contribution in [0.5, 0.6) is 0 Å². The number of thiophene rings is 1. The van der Waals surface area contributed by atoms with Crippen molar-refractivity contribution in [3.63, 3.8) is 0 Å². The van der Waals surface area contributed by atoms with Gasteiger partial charge >= 0.3 is 0 Å². The molecule has 16 heavy (non-hydrogen) atoms. The van der Waals surface area contributed by atoms with Gasteiger partial charge in [0.2, 0.25) is 0 Å². The molecule has 84 valence electrons. The fourth-order valence-corrected chi connectivity index (χ4v) is 2.49. The van der Waals surface area contributed by atoms with Crippen molar-refractivity contribution < 1.29 is 4.79 Å². The van der Waals surface area contributed by atoms with E-state index in [9.17, 15) is 4.79 Å². The zero-order valence-electron chi connectivity index (χ0n) is 9.03. The Morgan fingerprint density at radius 2 is 2.25 bits per heavy atom. The molecule has 0 atom stereocenters. The maximum atomic E-state index is 11.9. The largest absolute Gasteiger partial charge is 0.291 e. The lowest BCUT2D eigenvalue weighted by molar-refractivity contribution is 0.0970. The van der Waals surface area contributed by atoms with Crippen LogP contribution >= 0.6 is 22.9 Å². The fraction of sp³-hybridized carbons (Fsp3) is 0.273. The van der Waals surface area contributed by atoms with Gasteiger partial charge in [-0.05, 0) is 32.0 Å². The molecule has 0 spiro atoms. The van der Waals surface area contributed by atoms with Crippen LogP contribution in [-0.4, -0.2) is 15.6 Å². The van der Waals surface area contributed by atoms with Crippen molar-refractivity contribution in [3.05, 3.63) is 38.8 Å². The number of carbonyl (C=O) groups is 1. The summed E-state index contributed by atoms with van der Waals surface area (Å²) in [5.74, 6) is 0.0445. The quantitative estimate of drug-likeness (QED) is 0.789. The number of carbonyl (C=O) groups excluding carboxylic acids is 1. The van der Waals surface area contributed by atoms with E-state index in [4.69, 9.17) is 11.6 Å². The van der Waals surface area contributed by atoms with Crippen LogP contribution in [-0.2, 0) is 6.54 Å². The number of ketones is 1. The Labute approximate surface area is 103 Å². The number of aryl methyl sites for hydroxylation is 2. The molecule has 0 radical (unpaired) electrons. The molecule has 0 unspecified atom stereocenters. The Morgan fingerprint density at radius 1 is 1.50 bits per heavy atom. The lowest BCUT2D eigenvalue weighted by Gasteiger charge is -2.01. The van der Waals surface area contributed by atoms with Gasteiger partial charge < -0.3 is 0 Å². The Kier molecular flexibility index (Phi) is 3.12. The predicted octanol–water partition coefficient (Wildman–Crippen LogP) is 3.10. The highest BCUT2D eigenvalue weighted by atomic mass is 35.5. The summed E-state index contributed by atoms with van der Waals surface area (Å²) in [6, 6.07) is 5.44. The molecular formula is C11H11ClN2OS. The molecule has 0 aromatic carbocycles. The van der Waals surface area contributed by atoms with Crippen LogP contribution in [0.25, 0.3) is 0 Å². The van der Waals surface area contributed by atoms with Crippen LogP contribution in [0.15, 0.2) is 18.2 Å². The molecule has 0 amide bonds. The second-order valence-corrected chi connectivity index (χ2v) is 5.33. The van der Waals surface area contributed by atoms with Crippen molar-refractivity contribution >= 4 is 28.7 Å². The highest BCUT2D eigenvalue weighted by Crippen LogP contribution is 2.22. The molecule has 2 aromatic rings. The van der Waals surface area contributed by atoms with Gasteiger partial charge in [0.05, 0.1) is 14.9 Å². The minimum atomic E-state index is 0.0445. The maximum absolute atomic E-state index is 11.9. The van der Waals surface area contributed by atoms with Gasteiger partial charge in [-0.1, -0.05) is 11.6 Å². The standard InChI is InChI=1S/C11H11ClN2OS/c1-7-5-8(2)14(13-7)6-9(15)10-3-4-11(12)16-10/h3-5H,6H2,1-2H3. The third kappa shape index (κ3) is 2.33. The zero-order valence-corrected chi connectivity index (χ0v) is 10.6. The van der Waals surface area contributed by atoms with Crippen LogP contribution in [0.3, 0.4) is 0 Å². The lowest BCUT2D eigenvalue weighted by Crippen LogP contribution is -2.11. The smallest absolute Gasteiger partial charge is 0.194 e. The Balaban J connectivity index is 2.16. The summed E-state index contributed by atoms with van der Waals surface area (Å²) in [4.78, 5) is 12.6. The predicted molar refractivity (Wildman–Crippen MR) is 65.4 cm³/mol. The summed E-state index contributed by atoms with van der Waals surface area (Å²) < 4.78 is 2.35. The van der Waals surface area contributed by atoms with Gasteiger partial charge in [0.25, 0.3) is 0 Å². The second-order valence-electron chi connectivity index (χ2n) is 3.61. The molecule has 0 aliphatic rings. The van der Waals surface area contributed by atoms with Crippen molar-refractivity contribution in [3.8, 4) is 0 Å². The van der Waals surface area contributed by atoms with Crippen LogP contribution in [0.1, 0.15) is 21.1 Å². The van der Waals surface area contributed by atoms with E-state index in [-0.39, 0.29) is 12.3 Å². The van der Waals surface area contributed by atoms with E-state index in [0.717, 1.165) is 11.4 Å². The van der Waals surface area contributed by atoms with Crippen LogP contribution in [0, 0.1) is 13.8 Å². The van der Waals surface area contributed by atoms with Crippen molar-refractivity contribution in [1.29, 1.82) is 0 Å². The Morgan fingerprint density at radius 3 is 2.75 bits per heavy atom. The first-order valence-electron chi connectivity index (χ1n) is 4.86. The molecule has 2 heterocycles. The summed E-state index contributed by atoms with van der Waals surface area (Å²) in [7, 11) is 0. The summed E-state index contributed by atoms with van der Waals surface area (Å²) in [6.07, 6.45) is 0. The van der Waals surface area contributed by atoms with E-state index in [1.807, 2.05) is 19.9 Å². The summed E-state index contributed by atoms with van der Waals surface area (Å²) in [5.41, 5.74) is 1.92. The molecule has 0 aliphatic heterocycles. The highest BCUT2D eigenvalue weighted by molar-refractivity contribution is 7.18. The van der Waals surface area contributed by atoms with Gasteiger partial charge in [0, 0.05) is 5.69 Å². The monoisotopic (exact) mass is 254 g/mol. The average Bonchev–Trinajstić information content (AvgIpc) is 2.74. The number of halogens is 1. The molecule has 0 aliphatic carbocycles. The van der Waals surface area contributed by atoms with Crippen molar-refractivity contribution in [1.82, 2.24) is 9.78 Å². The van der Waals surface area contributed by atoms with E-state index in [0.29, 0.717) is 9.21 Å². The third-order valence-electron chi connectivity index (χ3n) is 2.24. The fourth-order valence-electron chi connectivity index (χ4n) is 1.51. The average molecular weight is 255 g/mol. The molecule has 2 rings (SSSR count). The number of hydrogen-bond acceptors (Lipinski definition) is 3. The molecule has 0 saturated heterocycles. The van der Waals surface area contributed by atoms with Crippen molar-refractivity contribution in [2.24, 2.45) is 0 Å². The third-order valence-corrected chi connectivity index (χ3v) is 3.52. The van der Waals surface area contributed by atoms with E-state index >= 15 is 0 Å². The number of rotatable bonds is 3. The van der Waals surface area contributed by atoms with E-state index < -0.39 is 0 Å². The summed E-state index contributed by atoms with van der Waals surface area (Å²) in [6.45, 7) is 4.13. The first-order valence-corrected chi connectivity index (χ1v) is 6.05. The zero-order chi connectivity index (χ0) is 11.7. The van der Waals surface area contributed by atoms with E-state index in [1.165, 1.54) is 11.3 Å². The first kappa shape index (κ1) is 11.4. The molecule has 2 aromatic heterocycles. The normalized spacial score (nSPS) is 10.7. The van der Waals surface area contributed by atoms with Crippen LogP contribution in [0.4, 0.5) is 0 Å². The van der Waals surface area contributed by atoms with Gasteiger partial charge in [0.1, 0.15) is 6.54 Å². The van der Waals surface area contributed by atoms with Gasteiger partial charge in [0.15, 0.2) is 5.78 Å². The van der Waals surface area contributed by atoms with E-state index in [2.05, 4.69) is 5.10 Å². The minimum absolute atomic E-state index is 0.0445. The molecule has 0 fully saturated rings. The SMILES string of the molecule is Cc1cc(C)n(CC(=O)c2ccc(Cl)s2)n1. The lowest BCUT2D eigenvalue weighted by atomic mass is 10.3. The highest BCUT2D eigenvalue weighted by Gasteiger charge is 2.11. The topological polar surface area (TPSA) is 34.9 Å². The molecule has 5 heteroatoms. The number of hydrogen-bond donors (Lipinski definition) is 0. The van der Waals surface area contributed by atoms with Crippen LogP contribution < -0.4 is 0 Å². The minimum Gasteiger partial charge on any atom is -0.291 e. The van der Waals surface area contributed by atoms with Gasteiger partial charge in [-0.25, -0.2) is 0 Å². The van der Waals surface area contributed by atoms with Crippen LogP contribution in [0.2, 0.25) is 4.34 Å². The summed E-state index contributed by atoms with van der Waals surface area (Å²) in [5, 5.41) is 4.25. The summed E-state index contributed by atoms with van der Waals surface area (Å²) >= 11 is 7.09. The Bertz CT molecular complexity index is 530. The molecule has 0 saturated carbocycles. The van der Waals surface area contributed by atoms with Crippen molar-refractivity contribution in [2.75, 3.05) is 0 Å². The van der Waals surface area contributed by atoms with Gasteiger partial charge in [-0.3, -0.25) is 9.48 Å². The maximum Gasteiger partial charge on any atom is 0.194 e. The number of nitrogens with zero attached hydrogens (tertiary/aromatic N) is 2. The molecule has 0 N–H and O–H groups in total. The molecule has 0 bridgehead atoms. The van der Waals surface area contributed by atoms with Gasteiger partial charge in [-0.15, -0.1) is 11.3 Å². The van der Waals surface area contributed by atoms with E-state index in [1.54, 1.807) is 16.8 Å². The second kappa shape index (κ2) is 4.39. The molecular weight excluding hydrogens is 244 g/mol. The van der Waals surface area contributed by atoms with Gasteiger partial charge in [-0.2, -0.15) is 5.10 Å². The first-order chi connectivity index (χ1) is 7.56. The number of Topliss-reactive ketones (excluding diaryl/α,β-unsaturated/α-hetero) is 1.